The highest BCUT2D eigenvalue weighted by atomic mass is 16.5. The first-order chi connectivity index (χ1) is 7.35. The van der Waals surface area contributed by atoms with Gasteiger partial charge in [-0.2, -0.15) is 0 Å². The Balaban J connectivity index is 2.45. The third kappa shape index (κ3) is 1.91. The molecule has 1 aromatic carbocycles. The third-order valence-electron chi connectivity index (χ3n) is 2.42. The molecule has 0 bridgehead atoms. The summed E-state index contributed by atoms with van der Waals surface area (Å²) in [5.41, 5.74) is 3.18. The number of benzene rings is 1. The van der Waals surface area contributed by atoms with Crippen molar-refractivity contribution in [2.75, 3.05) is 0 Å². The Labute approximate surface area is 88.8 Å². The Kier molecular flexibility index (Phi) is 2.81. The monoisotopic (exact) mass is 203 g/mol. The van der Waals surface area contributed by atoms with Crippen LogP contribution in [0.15, 0.2) is 23.2 Å². The van der Waals surface area contributed by atoms with Crippen LogP contribution in [0, 0.1) is 0 Å². The second-order valence-electron chi connectivity index (χ2n) is 3.53. The Bertz CT molecular complexity index is 410. The number of carbonyl (C=O) groups excluding carboxylic acids is 1. The number of carbonyl (C=O) groups is 1. The molecule has 0 aromatic heterocycles. The fourth-order valence-corrected chi connectivity index (χ4v) is 1.73. The molecule has 1 aliphatic heterocycles. The van der Waals surface area contributed by atoms with Crippen LogP contribution in [-0.2, 0) is 22.6 Å². The van der Waals surface area contributed by atoms with Gasteiger partial charge in [-0.15, -0.1) is 0 Å². The fourth-order valence-electron chi connectivity index (χ4n) is 1.73. The maximum atomic E-state index is 10.6. The lowest BCUT2D eigenvalue weighted by molar-refractivity contribution is -0.104. The molecule has 0 fully saturated rings. The average Bonchev–Trinajstić information content (AvgIpc) is 2.29. The second-order valence-corrected chi connectivity index (χ2v) is 3.53. The summed E-state index contributed by atoms with van der Waals surface area (Å²) in [6, 6.07) is 6.05. The fraction of sp³-hybridized carbons (Fsp3) is 0.333. The quantitative estimate of drug-likeness (QED) is 0.707. The van der Waals surface area contributed by atoms with E-state index in [0.29, 0.717) is 12.9 Å². The summed E-state index contributed by atoms with van der Waals surface area (Å²) in [6.07, 6.45) is 2.72. The van der Waals surface area contributed by atoms with Gasteiger partial charge in [-0.25, -0.2) is 4.99 Å². The van der Waals surface area contributed by atoms with E-state index in [2.05, 4.69) is 18.0 Å². The Morgan fingerprint density at radius 2 is 2.40 bits per heavy atom. The lowest BCUT2D eigenvalue weighted by Gasteiger charge is -2.16. The molecule has 1 aliphatic rings. The highest BCUT2D eigenvalue weighted by Crippen LogP contribution is 2.29. The van der Waals surface area contributed by atoms with Crippen molar-refractivity contribution in [3.63, 3.8) is 0 Å². The molecule has 1 heterocycles. The van der Waals surface area contributed by atoms with Gasteiger partial charge in [0.2, 0.25) is 6.29 Å². The number of aryl methyl sites for hydroxylation is 1. The zero-order valence-electron chi connectivity index (χ0n) is 8.69. The number of ether oxygens (including phenoxy) is 1. The number of hydrogen-bond acceptors (Lipinski definition) is 3. The molecule has 0 unspecified atom stereocenters. The van der Waals surface area contributed by atoms with Crippen molar-refractivity contribution in [3.8, 4) is 0 Å². The number of rotatable bonds is 3. The molecule has 0 spiro atoms. The minimum atomic E-state index is 0.186. The van der Waals surface area contributed by atoms with Crippen molar-refractivity contribution >= 4 is 17.9 Å². The lowest BCUT2D eigenvalue weighted by Crippen LogP contribution is -2.11. The SMILES string of the molecule is CCCc1cccc2c1N=C(C=O)OC2. The predicted octanol–water partition coefficient (Wildman–Crippen LogP) is 2.40. The molecule has 0 saturated carbocycles. The largest absolute Gasteiger partial charge is 0.470 e. The molecule has 0 saturated heterocycles. The van der Waals surface area contributed by atoms with Gasteiger partial charge in [0.1, 0.15) is 6.61 Å². The van der Waals surface area contributed by atoms with E-state index in [0.717, 1.165) is 24.1 Å². The van der Waals surface area contributed by atoms with Crippen LogP contribution in [0.1, 0.15) is 24.5 Å². The number of para-hydroxylation sites is 1. The van der Waals surface area contributed by atoms with Crippen molar-refractivity contribution in [3.05, 3.63) is 29.3 Å². The molecule has 0 N–H and O–H groups in total. The van der Waals surface area contributed by atoms with E-state index in [-0.39, 0.29) is 5.90 Å². The first-order valence-electron chi connectivity index (χ1n) is 5.12. The van der Waals surface area contributed by atoms with E-state index >= 15 is 0 Å². The summed E-state index contributed by atoms with van der Waals surface area (Å²) in [6.45, 7) is 2.58. The van der Waals surface area contributed by atoms with Crippen LogP contribution in [0.25, 0.3) is 0 Å². The van der Waals surface area contributed by atoms with E-state index in [1.54, 1.807) is 0 Å². The smallest absolute Gasteiger partial charge is 0.255 e. The van der Waals surface area contributed by atoms with E-state index in [1.165, 1.54) is 5.56 Å². The standard InChI is InChI=1S/C12H13NO2/c1-2-4-9-5-3-6-10-8-15-11(7-14)13-12(9)10/h3,5-7H,2,4,8H2,1H3. The molecule has 1 aromatic rings. The molecule has 0 atom stereocenters. The van der Waals surface area contributed by atoms with Crippen molar-refractivity contribution in [2.24, 2.45) is 4.99 Å². The summed E-state index contributed by atoms with van der Waals surface area (Å²) in [5.74, 6) is 0.186. The minimum Gasteiger partial charge on any atom is -0.470 e. The van der Waals surface area contributed by atoms with Crippen molar-refractivity contribution in [1.82, 2.24) is 0 Å². The molecule has 3 heteroatoms. The Morgan fingerprint density at radius 1 is 1.53 bits per heavy atom. The number of aliphatic imine (C=N–C) groups is 1. The Morgan fingerprint density at radius 3 is 3.13 bits per heavy atom. The summed E-state index contributed by atoms with van der Waals surface area (Å²) in [5, 5.41) is 0. The van der Waals surface area contributed by atoms with E-state index < -0.39 is 0 Å². The maximum Gasteiger partial charge on any atom is 0.255 e. The second kappa shape index (κ2) is 4.26. The summed E-state index contributed by atoms with van der Waals surface area (Å²) in [7, 11) is 0. The van der Waals surface area contributed by atoms with Crippen LogP contribution in [0.4, 0.5) is 5.69 Å². The summed E-state index contributed by atoms with van der Waals surface area (Å²) < 4.78 is 5.17. The van der Waals surface area contributed by atoms with Crippen LogP contribution in [0.2, 0.25) is 0 Å². The normalized spacial score (nSPS) is 13.8. The van der Waals surface area contributed by atoms with Crippen LogP contribution in [0.3, 0.4) is 0 Å². The highest BCUT2D eigenvalue weighted by Gasteiger charge is 2.14. The van der Waals surface area contributed by atoms with Crippen molar-refractivity contribution < 1.29 is 9.53 Å². The first kappa shape index (κ1) is 9.90. The molecule has 0 aliphatic carbocycles. The zero-order valence-corrected chi connectivity index (χ0v) is 8.69. The van der Waals surface area contributed by atoms with Gasteiger partial charge in [0.05, 0.1) is 5.69 Å². The topological polar surface area (TPSA) is 38.7 Å². The van der Waals surface area contributed by atoms with Crippen LogP contribution >= 0.6 is 0 Å². The van der Waals surface area contributed by atoms with Crippen molar-refractivity contribution in [1.29, 1.82) is 0 Å². The lowest BCUT2D eigenvalue weighted by atomic mass is 10.0. The summed E-state index contributed by atoms with van der Waals surface area (Å²) >= 11 is 0. The molecule has 3 nitrogen and oxygen atoms in total. The third-order valence-corrected chi connectivity index (χ3v) is 2.42. The van der Waals surface area contributed by atoms with E-state index in [4.69, 9.17) is 4.74 Å². The van der Waals surface area contributed by atoms with Crippen LogP contribution in [0.5, 0.6) is 0 Å². The van der Waals surface area contributed by atoms with Gasteiger partial charge in [0.15, 0.2) is 0 Å². The predicted molar refractivity (Wildman–Crippen MR) is 58.4 cm³/mol. The van der Waals surface area contributed by atoms with Crippen molar-refractivity contribution in [2.45, 2.75) is 26.4 Å². The summed E-state index contributed by atoms with van der Waals surface area (Å²) in [4.78, 5) is 14.8. The van der Waals surface area contributed by atoms with E-state index in [1.807, 2.05) is 12.1 Å². The van der Waals surface area contributed by atoms with Gasteiger partial charge in [0, 0.05) is 5.56 Å². The minimum absolute atomic E-state index is 0.186. The highest BCUT2D eigenvalue weighted by molar-refractivity contribution is 6.24. The number of hydrogen-bond donors (Lipinski definition) is 0. The maximum absolute atomic E-state index is 10.6. The van der Waals surface area contributed by atoms with Crippen LogP contribution < -0.4 is 0 Å². The number of nitrogens with zero attached hydrogens (tertiary/aromatic N) is 1. The van der Waals surface area contributed by atoms with Gasteiger partial charge in [-0.3, -0.25) is 4.79 Å². The first-order valence-corrected chi connectivity index (χ1v) is 5.12. The molecule has 15 heavy (non-hydrogen) atoms. The van der Waals surface area contributed by atoms with Gasteiger partial charge in [0.25, 0.3) is 5.90 Å². The van der Waals surface area contributed by atoms with Gasteiger partial charge in [-0.1, -0.05) is 31.5 Å². The van der Waals surface area contributed by atoms with Gasteiger partial charge in [-0.05, 0) is 12.0 Å². The Hall–Kier alpha value is -1.64. The molecular formula is C12H13NO2. The molecule has 78 valence electrons. The number of aldehydes is 1. The molecule has 2 rings (SSSR count). The molecule has 0 radical (unpaired) electrons. The average molecular weight is 203 g/mol. The van der Waals surface area contributed by atoms with E-state index in [9.17, 15) is 4.79 Å². The van der Waals surface area contributed by atoms with Gasteiger partial charge < -0.3 is 4.74 Å². The number of fused-ring (bicyclic) bond motifs is 1. The zero-order chi connectivity index (χ0) is 10.7. The molecule has 0 amide bonds. The molecular weight excluding hydrogens is 190 g/mol. The van der Waals surface area contributed by atoms with Crippen LogP contribution in [-0.4, -0.2) is 12.2 Å². The van der Waals surface area contributed by atoms with Gasteiger partial charge >= 0.3 is 0 Å².